The van der Waals surface area contributed by atoms with E-state index in [0.717, 1.165) is 11.3 Å². The first-order valence-corrected chi connectivity index (χ1v) is 6.85. The molecule has 0 aliphatic carbocycles. The highest BCUT2D eigenvalue weighted by Crippen LogP contribution is 2.23. The number of methoxy groups -OCH3 is 1. The lowest BCUT2D eigenvalue weighted by Crippen LogP contribution is -2.11. The molecule has 2 aromatic carbocycles. The molecule has 4 heteroatoms. The normalized spacial score (nSPS) is 10.3. The van der Waals surface area contributed by atoms with E-state index in [4.69, 9.17) is 4.74 Å². The van der Waals surface area contributed by atoms with Gasteiger partial charge in [0.1, 0.15) is 0 Å². The summed E-state index contributed by atoms with van der Waals surface area (Å²) in [6, 6.07) is 11.2. The molecule has 0 spiro atoms. The number of halogens is 1. The number of hydrogen-bond acceptors (Lipinski definition) is 3. The number of anilines is 2. The molecule has 0 atom stereocenters. The average molecular weight is 288 g/mol. The maximum absolute atomic E-state index is 13.6. The van der Waals surface area contributed by atoms with Gasteiger partial charge in [-0.1, -0.05) is 12.1 Å². The van der Waals surface area contributed by atoms with Crippen LogP contribution < -0.4 is 15.0 Å². The van der Waals surface area contributed by atoms with Gasteiger partial charge < -0.3 is 15.0 Å². The first-order valence-electron chi connectivity index (χ1n) is 6.85. The Labute approximate surface area is 125 Å². The Hall–Kier alpha value is -2.23. The molecule has 0 amide bonds. The molecular formula is C17H21FN2O. The zero-order valence-electron chi connectivity index (χ0n) is 12.9. The van der Waals surface area contributed by atoms with Crippen LogP contribution >= 0.6 is 0 Å². The number of rotatable bonds is 5. The van der Waals surface area contributed by atoms with E-state index < -0.39 is 0 Å². The maximum Gasteiger partial charge on any atom is 0.165 e. The van der Waals surface area contributed by atoms with Crippen molar-refractivity contribution in [1.29, 1.82) is 0 Å². The van der Waals surface area contributed by atoms with E-state index in [-0.39, 0.29) is 11.6 Å². The fraction of sp³-hybridized carbons (Fsp3) is 0.294. The third kappa shape index (κ3) is 3.66. The van der Waals surface area contributed by atoms with Crippen LogP contribution in [-0.2, 0) is 6.54 Å². The quantitative estimate of drug-likeness (QED) is 0.905. The summed E-state index contributed by atoms with van der Waals surface area (Å²) in [6.45, 7) is 2.65. The van der Waals surface area contributed by atoms with Crippen LogP contribution in [0.25, 0.3) is 0 Å². The lowest BCUT2D eigenvalue weighted by molar-refractivity contribution is 0.386. The zero-order valence-corrected chi connectivity index (χ0v) is 12.9. The first-order chi connectivity index (χ1) is 10.0. The largest absolute Gasteiger partial charge is 0.494 e. The molecule has 1 N–H and O–H groups in total. The number of aryl methyl sites for hydroxylation is 1. The third-order valence-corrected chi connectivity index (χ3v) is 3.40. The van der Waals surface area contributed by atoms with E-state index in [0.29, 0.717) is 6.54 Å². The van der Waals surface area contributed by atoms with Crippen LogP contribution in [0.15, 0.2) is 36.4 Å². The number of hydrogen-bond donors (Lipinski definition) is 1. The molecule has 0 radical (unpaired) electrons. The Morgan fingerprint density at radius 1 is 1.14 bits per heavy atom. The highest BCUT2D eigenvalue weighted by molar-refractivity contribution is 5.61. The van der Waals surface area contributed by atoms with Gasteiger partial charge in [0, 0.05) is 32.0 Å². The summed E-state index contributed by atoms with van der Waals surface area (Å²) in [4.78, 5) is 2.08. The summed E-state index contributed by atoms with van der Waals surface area (Å²) < 4.78 is 18.6. The van der Waals surface area contributed by atoms with Crippen LogP contribution in [0.3, 0.4) is 0 Å². The van der Waals surface area contributed by atoms with Crippen LogP contribution in [0.5, 0.6) is 5.75 Å². The minimum absolute atomic E-state index is 0.268. The molecule has 0 aliphatic rings. The second-order valence-corrected chi connectivity index (χ2v) is 5.22. The highest BCUT2D eigenvalue weighted by Gasteiger charge is 2.05. The Kier molecular flexibility index (Phi) is 4.68. The average Bonchev–Trinajstić information content (AvgIpc) is 2.46. The van der Waals surface area contributed by atoms with E-state index in [1.165, 1.54) is 24.4 Å². The number of nitrogens with zero attached hydrogens (tertiary/aromatic N) is 1. The van der Waals surface area contributed by atoms with Gasteiger partial charge in [-0.3, -0.25) is 0 Å². The third-order valence-electron chi connectivity index (χ3n) is 3.40. The highest BCUT2D eigenvalue weighted by atomic mass is 19.1. The van der Waals surface area contributed by atoms with E-state index in [1.54, 1.807) is 6.07 Å². The van der Waals surface area contributed by atoms with Gasteiger partial charge in [0.2, 0.25) is 0 Å². The summed E-state index contributed by atoms with van der Waals surface area (Å²) in [7, 11) is 5.50. The van der Waals surface area contributed by atoms with Crippen molar-refractivity contribution in [2.75, 3.05) is 31.4 Å². The van der Waals surface area contributed by atoms with Gasteiger partial charge in [0.05, 0.1) is 7.11 Å². The summed E-state index contributed by atoms with van der Waals surface area (Å²) in [6.07, 6.45) is 0. The number of ether oxygens (including phenoxy) is 1. The van der Waals surface area contributed by atoms with Crippen LogP contribution in [0.2, 0.25) is 0 Å². The molecule has 0 saturated heterocycles. The van der Waals surface area contributed by atoms with E-state index in [9.17, 15) is 4.39 Å². The van der Waals surface area contributed by atoms with Crippen molar-refractivity contribution in [3.8, 4) is 5.75 Å². The maximum atomic E-state index is 13.6. The fourth-order valence-corrected chi connectivity index (χ4v) is 2.23. The minimum Gasteiger partial charge on any atom is -0.494 e. The van der Waals surface area contributed by atoms with Crippen molar-refractivity contribution in [3.05, 3.63) is 53.3 Å². The van der Waals surface area contributed by atoms with Gasteiger partial charge in [-0.25, -0.2) is 4.39 Å². The molecule has 0 unspecified atom stereocenters. The van der Waals surface area contributed by atoms with Crippen LogP contribution in [0.1, 0.15) is 11.1 Å². The summed E-state index contributed by atoms with van der Waals surface area (Å²) >= 11 is 0. The van der Waals surface area contributed by atoms with Crippen LogP contribution in [-0.4, -0.2) is 21.2 Å². The Morgan fingerprint density at radius 3 is 2.52 bits per heavy atom. The fourth-order valence-electron chi connectivity index (χ4n) is 2.23. The van der Waals surface area contributed by atoms with Crippen molar-refractivity contribution in [1.82, 2.24) is 0 Å². The van der Waals surface area contributed by atoms with Crippen LogP contribution in [0, 0.1) is 12.7 Å². The SMILES string of the molecule is COc1ccc(CNc2ccc(C)c(N(C)C)c2)cc1F. The van der Waals surface area contributed by atoms with Gasteiger partial charge in [-0.2, -0.15) is 0 Å². The Morgan fingerprint density at radius 2 is 1.90 bits per heavy atom. The van der Waals surface area contributed by atoms with Crippen molar-refractivity contribution in [2.24, 2.45) is 0 Å². The summed E-state index contributed by atoms with van der Waals surface area (Å²) in [5.74, 6) is -0.0707. The van der Waals surface area contributed by atoms with E-state index in [1.807, 2.05) is 26.2 Å². The second-order valence-electron chi connectivity index (χ2n) is 5.22. The molecule has 0 bridgehead atoms. The summed E-state index contributed by atoms with van der Waals surface area (Å²) in [5.41, 5.74) is 4.28. The second kappa shape index (κ2) is 6.48. The van der Waals surface area contributed by atoms with Crippen molar-refractivity contribution in [3.63, 3.8) is 0 Å². The van der Waals surface area contributed by atoms with Gasteiger partial charge >= 0.3 is 0 Å². The lowest BCUT2D eigenvalue weighted by Gasteiger charge is -2.17. The molecule has 0 fully saturated rings. The van der Waals surface area contributed by atoms with Crippen molar-refractivity contribution >= 4 is 11.4 Å². The molecule has 0 heterocycles. The number of benzene rings is 2. The van der Waals surface area contributed by atoms with Gasteiger partial charge in [-0.15, -0.1) is 0 Å². The lowest BCUT2D eigenvalue weighted by atomic mass is 10.1. The monoisotopic (exact) mass is 288 g/mol. The molecule has 0 aliphatic heterocycles. The molecule has 3 nitrogen and oxygen atoms in total. The molecule has 0 aromatic heterocycles. The first kappa shape index (κ1) is 15.2. The Balaban J connectivity index is 2.09. The molecule has 0 saturated carbocycles. The zero-order chi connectivity index (χ0) is 15.4. The Bertz CT molecular complexity index is 626. The van der Waals surface area contributed by atoms with E-state index >= 15 is 0 Å². The van der Waals surface area contributed by atoms with Crippen molar-refractivity contribution < 1.29 is 9.13 Å². The standard InChI is InChI=1S/C17H21FN2O/c1-12-5-7-14(10-16(12)20(2)3)19-11-13-6-8-17(21-4)15(18)9-13/h5-10,19H,11H2,1-4H3. The number of nitrogens with one attached hydrogen (secondary N) is 1. The molecular weight excluding hydrogens is 267 g/mol. The molecule has 112 valence electrons. The van der Waals surface area contributed by atoms with Crippen LogP contribution in [0.4, 0.5) is 15.8 Å². The van der Waals surface area contributed by atoms with E-state index in [2.05, 4.69) is 29.3 Å². The predicted molar refractivity (Wildman–Crippen MR) is 85.8 cm³/mol. The van der Waals surface area contributed by atoms with Gasteiger partial charge in [0.15, 0.2) is 11.6 Å². The molecule has 2 aromatic rings. The predicted octanol–water partition coefficient (Wildman–Crippen LogP) is 3.82. The minimum atomic E-state index is -0.338. The molecule has 2 rings (SSSR count). The molecule has 21 heavy (non-hydrogen) atoms. The summed E-state index contributed by atoms with van der Waals surface area (Å²) in [5, 5.41) is 3.31. The van der Waals surface area contributed by atoms with Gasteiger partial charge in [-0.05, 0) is 42.3 Å². The van der Waals surface area contributed by atoms with Crippen molar-refractivity contribution in [2.45, 2.75) is 13.5 Å². The topological polar surface area (TPSA) is 24.5 Å². The smallest absolute Gasteiger partial charge is 0.165 e. The van der Waals surface area contributed by atoms with Gasteiger partial charge in [0.25, 0.3) is 0 Å².